The summed E-state index contributed by atoms with van der Waals surface area (Å²) in [6.07, 6.45) is 3.52. The second-order valence-electron chi connectivity index (χ2n) is 6.25. The minimum Gasteiger partial charge on any atom is -0.353 e. The lowest BCUT2D eigenvalue weighted by Gasteiger charge is -2.31. The molecule has 1 unspecified atom stereocenters. The lowest BCUT2D eigenvalue weighted by Crippen LogP contribution is -2.46. The minimum absolute atomic E-state index is 0.0111. The number of nitrogens with zero attached hydrogens (tertiary/aromatic N) is 2. The molecule has 1 amide bonds. The van der Waals surface area contributed by atoms with Crippen LogP contribution in [0.15, 0.2) is 4.90 Å². The van der Waals surface area contributed by atoms with Gasteiger partial charge in [0.1, 0.15) is 4.90 Å². The Balaban J connectivity index is 1.77. The number of carbonyl (C=O) groups is 1. The highest BCUT2D eigenvalue weighted by molar-refractivity contribution is 7.89. The molecule has 2 heterocycles. The van der Waals surface area contributed by atoms with E-state index in [-0.39, 0.29) is 23.3 Å². The predicted octanol–water partition coefficient (Wildman–Crippen LogP) is 0.706. The maximum absolute atomic E-state index is 12.8. The average molecular weight is 326 g/mol. The van der Waals surface area contributed by atoms with Crippen molar-refractivity contribution >= 4 is 15.9 Å². The van der Waals surface area contributed by atoms with Crippen LogP contribution in [0.3, 0.4) is 0 Å². The maximum Gasteiger partial charge on any atom is 0.246 e. The van der Waals surface area contributed by atoms with Gasteiger partial charge in [0.05, 0.1) is 17.3 Å². The summed E-state index contributed by atoms with van der Waals surface area (Å²) in [5.41, 5.74) is 1.02. The standard InChI is InChI=1S/C14H22N4O3S/c1-9-13(10(2)17-16-9)22(20,21)18-7-3-4-11(8-18)14(19)15-12-5-6-12/h11-12H,3-8H2,1-2H3,(H,15,19)(H,16,17). The van der Waals surface area contributed by atoms with Crippen molar-refractivity contribution in [1.82, 2.24) is 19.8 Å². The van der Waals surface area contributed by atoms with Gasteiger partial charge in [0.15, 0.2) is 0 Å². The van der Waals surface area contributed by atoms with Gasteiger partial charge in [0.25, 0.3) is 0 Å². The number of aromatic amines is 1. The fourth-order valence-corrected chi connectivity index (χ4v) is 4.83. The molecule has 122 valence electrons. The average Bonchev–Trinajstić information content (AvgIpc) is 3.22. The van der Waals surface area contributed by atoms with E-state index in [1.165, 1.54) is 4.31 Å². The summed E-state index contributed by atoms with van der Waals surface area (Å²) >= 11 is 0. The second kappa shape index (κ2) is 5.66. The Kier molecular flexibility index (Phi) is 3.98. The summed E-state index contributed by atoms with van der Waals surface area (Å²) in [5, 5.41) is 9.66. The van der Waals surface area contributed by atoms with E-state index in [1.807, 2.05) is 0 Å². The van der Waals surface area contributed by atoms with Gasteiger partial charge in [-0.1, -0.05) is 0 Å². The Bertz CT molecular complexity index is 659. The molecule has 0 aromatic carbocycles. The van der Waals surface area contributed by atoms with Crippen molar-refractivity contribution in [3.63, 3.8) is 0 Å². The molecule has 1 saturated heterocycles. The summed E-state index contributed by atoms with van der Waals surface area (Å²) in [6.45, 7) is 4.09. The Labute approximate surface area is 130 Å². The molecule has 1 atom stereocenters. The van der Waals surface area contributed by atoms with Crippen molar-refractivity contribution < 1.29 is 13.2 Å². The van der Waals surface area contributed by atoms with Gasteiger partial charge in [-0.25, -0.2) is 8.42 Å². The van der Waals surface area contributed by atoms with Crippen LogP contribution in [0.25, 0.3) is 0 Å². The first-order valence-corrected chi connectivity index (χ1v) is 9.15. The molecule has 1 aliphatic heterocycles. The van der Waals surface area contributed by atoms with Crippen molar-refractivity contribution in [2.24, 2.45) is 5.92 Å². The lowest BCUT2D eigenvalue weighted by atomic mass is 9.99. The molecule has 0 radical (unpaired) electrons. The summed E-state index contributed by atoms with van der Waals surface area (Å²) < 4.78 is 27.1. The maximum atomic E-state index is 12.8. The van der Waals surface area contributed by atoms with Crippen molar-refractivity contribution in [2.45, 2.75) is 50.5 Å². The third kappa shape index (κ3) is 2.89. The molecule has 1 saturated carbocycles. The molecule has 0 spiro atoms. The number of H-pyrrole nitrogens is 1. The summed E-state index contributed by atoms with van der Waals surface area (Å²) in [6, 6.07) is 0.304. The van der Waals surface area contributed by atoms with Crippen LogP contribution in [0, 0.1) is 19.8 Å². The lowest BCUT2D eigenvalue weighted by molar-refractivity contribution is -0.126. The summed E-state index contributed by atoms with van der Waals surface area (Å²) in [7, 11) is -3.60. The Morgan fingerprint density at radius 1 is 1.32 bits per heavy atom. The largest absolute Gasteiger partial charge is 0.353 e. The van der Waals surface area contributed by atoms with Crippen molar-refractivity contribution in [3.05, 3.63) is 11.4 Å². The Hall–Kier alpha value is -1.41. The number of hydrogen-bond donors (Lipinski definition) is 2. The normalized spacial score (nSPS) is 23.5. The SMILES string of the molecule is Cc1n[nH]c(C)c1S(=O)(=O)N1CCCC(C(=O)NC2CC2)C1. The summed E-state index contributed by atoms with van der Waals surface area (Å²) in [4.78, 5) is 12.4. The van der Waals surface area contributed by atoms with E-state index in [4.69, 9.17) is 0 Å². The van der Waals surface area contributed by atoms with Gasteiger partial charge < -0.3 is 5.32 Å². The first-order chi connectivity index (χ1) is 10.4. The number of aromatic nitrogens is 2. The van der Waals surface area contributed by atoms with Gasteiger partial charge in [0, 0.05) is 19.1 Å². The Morgan fingerprint density at radius 2 is 2.05 bits per heavy atom. The van der Waals surface area contributed by atoms with Crippen LogP contribution in [-0.4, -0.2) is 48.0 Å². The molecule has 1 aromatic heterocycles. The molecule has 8 heteroatoms. The highest BCUT2D eigenvalue weighted by Crippen LogP contribution is 2.27. The fraction of sp³-hybridized carbons (Fsp3) is 0.714. The van der Waals surface area contributed by atoms with Gasteiger partial charge in [0.2, 0.25) is 15.9 Å². The van der Waals surface area contributed by atoms with E-state index in [0.29, 0.717) is 30.4 Å². The number of amides is 1. The number of piperidine rings is 1. The van der Waals surface area contributed by atoms with Crippen molar-refractivity contribution in [1.29, 1.82) is 0 Å². The summed E-state index contributed by atoms with van der Waals surface area (Å²) in [5.74, 6) is -0.264. The van der Waals surface area contributed by atoms with Gasteiger partial charge in [-0.15, -0.1) is 0 Å². The number of sulfonamides is 1. The molecule has 0 bridgehead atoms. The number of rotatable bonds is 4. The van der Waals surface area contributed by atoms with Crippen molar-refractivity contribution in [3.8, 4) is 0 Å². The van der Waals surface area contributed by atoms with E-state index in [1.54, 1.807) is 13.8 Å². The molecule has 2 N–H and O–H groups in total. The van der Waals surface area contributed by atoms with E-state index in [2.05, 4.69) is 15.5 Å². The predicted molar refractivity (Wildman–Crippen MR) is 80.7 cm³/mol. The second-order valence-corrected chi connectivity index (χ2v) is 8.12. The van der Waals surface area contributed by atoms with E-state index < -0.39 is 10.0 Å². The number of nitrogens with one attached hydrogen (secondary N) is 2. The van der Waals surface area contributed by atoms with Crippen LogP contribution >= 0.6 is 0 Å². The van der Waals surface area contributed by atoms with Crippen LogP contribution in [0.2, 0.25) is 0 Å². The van der Waals surface area contributed by atoms with Gasteiger partial charge in [-0.3, -0.25) is 9.89 Å². The fourth-order valence-electron chi connectivity index (χ4n) is 2.97. The topological polar surface area (TPSA) is 95.2 Å². The third-order valence-electron chi connectivity index (χ3n) is 4.34. The van der Waals surface area contributed by atoms with Crippen LogP contribution in [0.4, 0.5) is 0 Å². The molecule has 1 aromatic rings. The van der Waals surface area contributed by atoms with E-state index in [9.17, 15) is 13.2 Å². The van der Waals surface area contributed by atoms with Crippen LogP contribution in [-0.2, 0) is 14.8 Å². The first kappa shape index (κ1) is 15.5. The number of carbonyl (C=O) groups excluding carboxylic acids is 1. The number of hydrogen-bond acceptors (Lipinski definition) is 4. The highest BCUT2D eigenvalue weighted by Gasteiger charge is 2.36. The van der Waals surface area contributed by atoms with Crippen molar-refractivity contribution in [2.75, 3.05) is 13.1 Å². The van der Waals surface area contributed by atoms with Crippen LogP contribution in [0.1, 0.15) is 37.1 Å². The molecule has 7 nitrogen and oxygen atoms in total. The quantitative estimate of drug-likeness (QED) is 0.851. The van der Waals surface area contributed by atoms with Gasteiger partial charge >= 0.3 is 0 Å². The van der Waals surface area contributed by atoms with Crippen LogP contribution in [0.5, 0.6) is 0 Å². The van der Waals surface area contributed by atoms with E-state index >= 15 is 0 Å². The molecule has 3 rings (SSSR count). The van der Waals surface area contributed by atoms with Gasteiger partial charge in [-0.05, 0) is 39.5 Å². The van der Waals surface area contributed by atoms with Gasteiger partial charge in [-0.2, -0.15) is 9.40 Å². The molecule has 1 aliphatic carbocycles. The zero-order chi connectivity index (χ0) is 15.9. The molecular weight excluding hydrogens is 304 g/mol. The molecule has 22 heavy (non-hydrogen) atoms. The monoisotopic (exact) mass is 326 g/mol. The zero-order valence-corrected chi connectivity index (χ0v) is 13.7. The zero-order valence-electron chi connectivity index (χ0n) is 12.9. The first-order valence-electron chi connectivity index (χ1n) is 7.71. The molecule has 2 fully saturated rings. The molecular formula is C14H22N4O3S. The third-order valence-corrected chi connectivity index (χ3v) is 6.47. The van der Waals surface area contributed by atoms with Crippen LogP contribution < -0.4 is 5.32 Å². The smallest absolute Gasteiger partial charge is 0.246 e. The highest BCUT2D eigenvalue weighted by atomic mass is 32.2. The minimum atomic E-state index is -3.60. The number of aryl methyl sites for hydroxylation is 2. The molecule has 2 aliphatic rings. The Morgan fingerprint density at radius 3 is 2.64 bits per heavy atom. The van der Waals surface area contributed by atoms with E-state index in [0.717, 1.165) is 19.3 Å².